The van der Waals surface area contributed by atoms with Crippen LogP contribution in [0.25, 0.3) is 11.3 Å². The van der Waals surface area contributed by atoms with Gasteiger partial charge in [-0.3, -0.25) is 9.97 Å². The minimum Gasteiger partial charge on any atom is -0.494 e. The molecule has 0 atom stereocenters. The van der Waals surface area contributed by atoms with Crippen LogP contribution in [0, 0.1) is 0 Å². The summed E-state index contributed by atoms with van der Waals surface area (Å²) in [5.41, 5.74) is 1.86. The summed E-state index contributed by atoms with van der Waals surface area (Å²) in [4.78, 5) is 8.24. The summed E-state index contributed by atoms with van der Waals surface area (Å²) < 4.78 is 5.20. The van der Waals surface area contributed by atoms with Crippen molar-refractivity contribution in [2.24, 2.45) is 0 Å². The first-order valence-electron chi connectivity index (χ1n) is 4.31. The monoisotopic (exact) mass is 186 g/mol. The van der Waals surface area contributed by atoms with E-state index < -0.39 is 0 Å². The Hall–Kier alpha value is -1.90. The number of hydrogen-bond acceptors (Lipinski definition) is 3. The molecule has 0 aromatic carbocycles. The molecule has 0 spiro atoms. The number of pyridine rings is 2. The van der Waals surface area contributed by atoms with Crippen LogP contribution in [0.15, 0.2) is 42.9 Å². The molecule has 0 bridgehead atoms. The van der Waals surface area contributed by atoms with Gasteiger partial charge in [-0.2, -0.15) is 0 Å². The molecule has 2 rings (SSSR count). The van der Waals surface area contributed by atoms with Crippen molar-refractivity contribution in [1.29, 1.82) is 0 Å². The maximum absolute atomic E-state index is 5.20. The molecule has 0 radical (unpaired) electrons. The fourth-order valence-corrected chi connectivity index (χ4v) is 1.28. The third-order valence-corrected chi connectivity index (χ3v) is 1.95. The van der Waals surface area contributed by atoms with Crippen LogP contribution < -0.4 is 4.74 Å². The predicted octanol–water partition coefficient (Wildman–Crippen LogP) is 2.15. The smallest absolute Gasteiger partial charge is 0.146 e. The maximum Gasteiger partial charge on any atom is 0.146 e. The van der Waals surface area contributed by atoms with Crippen LogP contribution in [0.3, 0.4) is 0 Å². The first-order chi connectivity index (χ1) is 6.92. The van der Waals surface area contributed by atoms with Crippen molar-refractivity contribution in [2.75, 3.05) is 7.11 Å². The number of nitrogens with zero attached hydrogens (tertiary/aromatic N) is 2. The second-order valence-electron chi connectivity index (χ2n) is 2.79. The van der Waals surface area contributed by atoms with Gasteiger partial charge in [0.15, 0.2) is 0 Å². The summed E-state index contributed by atoms with van der Waals surface area (Å²) in [7, 11) is 1.63. The molecule has 0 unspecified atom stereocenters. The van der Waals surface area contributed by atoms with Gasteiger partial charge >= 0.3 is 0 Å². The Kier molecular flexibility index (Phi) is 2.40. The largest absolute Gasteiger partial charge is 0.494 e. The Morgan fingerprint density at radius 3 is 2.79 bits per heavy atom. The van der Waals surface area contributed by atoms with Crippen LogP contribution in [0.4, 0.5) is 0 Å². The normalized spacial score (nSPS) is 9.79. The lowest BCUT2D eigenvalue weighted by Gasteiger charge is -2.05. The molecule has 0 aliphatic heterocycles. The topological polar surface area (TPSA) is 35.0 Å². The van der Waals surface area contributed by atoms with E-state index in [-0.39, 0.29) is 0 Å². The Morgan fingerprint density at radius 2 is 2.07 bits per heavy atom. The zero-order chi connectivity index (χ0) is 9.80. The SMILES string of the molecule is COc1cnccc1-c1ccccn1. The number of aromatic nitrogens is 2. The van der Waals surface area contributed by atoms with E-state index in [0.717, 1.165) is 17.0 Å². The molecule has 0 fully saturated rings. The second-order valence-corrected chi connectivity index (χ2v) is 2.79. The summed E-state index contributed by atoms with van der Waals surface area (Å²) in [5.74, 6) is 0.742. The molecule has 14 heavy (non-hydrogen) atoms. The van der Waals surface area contributed by atoms with E-state index in [1.807, 2.05) is 24.3 Å². The van der Waals surface area contributed by atoms with Gasteiger partial charge in [0.25, 0.3) is 0 Å². The van der Waals surface area contributed by atoms with Crippen LogP contribution in [0.2, 0.25) is 0 Å². The van der Waals surface area contributed by atoms with Crippen LogP contribution in [-0.2, 0) is 0 Å². The van der Waals surface area contributed by atoms with Crippen LogP contribution in [0.1, 0.15) is 0 Å². The number of ether oxygens (including phenoxy) is 1. The average Bonchev–Trinajstić information content (AvgIpc) is 2.30. The van der Waals surface area contributed by atoms with E-state index >= 15 is 0 Å². The van der Waals surface area contributed by atoms with Crippen molar-refractivity contribution in [3.05, 3.63) is 42.9 Å². The van der Waals surface area contributed by atoms with Gasteiger partial charge in [-0.15, -0.1) is 0 Å². The quantitative estimate of drug-likeness (QED) is 0.720. The van der Waals surface area contributed by atoms with Gasteiger partial charge in [0.2, 0.25) is 0 Å². The van der Waals surface area contributed by atoms with Gasteiger partial charge < -0.3 is 4.74 Å². The second kappa shape index (κ2) is 3.87. The Bertz CT molecular complexity index is 415. The molecule has 3 heteroatoms. The van der Waals surface area contributed by atoms with Crippen LogP contribution in [0.5, 0.6) is 5.75 Å². The molecular weight excluding hydrogens is 176 g/mol. The van der Waals surface area contributed by atoms with Crippen molar-refractivity contribution < 1.29 is 4.74 Å². The third-order valence-electron chi connectivity index (χ3n) is 1.95. The number of methoxy groups -OCH3 is 1. The molecule has 0 aliphatic rings. The van der Waals surface area contributed by atoms with Crippen LogP contribution in [-0.4, -0.2) is 17.1 Å². The highest BCUT2D eigenvalue weighted by atomic mass is 16.5. The first kappa shape index (κ1) is 8.69. The first-order valence-corrected chi connectivity index (χ1v) is 4.31. The maximum atomic E-state index is 5.20. The van der Waals surface area contributed by atoms with Crippen molar-refractivity contribution in [2.45, 2.75) is 0 Å². The fourth-order valence-electron chi connectivity index (χ4n) is 1.28. The predicted molar refractivity (Wildman–Crippen MR) is 54.0 cm³/mol. The summed E-state index contributed by atoms with van der Waals surface area (Å²) in [6.07, 6.45) is 5.17. The van der Waals surface area contributed by atoms with Crippen molar-refractivity contribution >= 4 is 0 Å². The molecule has 70 valence electrons. The average molecular weight is 186 g/mol. The van der Waals surface area contributed by atoms with E-state index in [2.05, 4.69) is 9.97 Å². The van der Waals surface area contributed by atoms with Crippen molar-refractivity contribution in [1.82, 2.24) is 9.97 Å². The lowest BCUT2D eigenvalue weighted by Crippen LogP contribution is -1.90. The molecular formula is C11H10N2O. The summed E-state index contributed by atoms with van der Waals surface area (Å²) in [6.45, 7) is 0. The van der Waals surface area contributed by atoms with Crippen molar-refractivity contribution in [3.8, 4) is 17.0 Å². The molecule has 2 aromatic rings. The van der Waals surface area contributed by atoms with E-state index in [0.29, 0.717) is 0 Å². The summed E-state index contributed by atoms with van der Waals surface area (Å²) >= 11 is 0. The van der Waals surface area contributed by atoms with Gasteiger partial charge in [-0.25, -0.2) is 0 Å². The van der Waals surface area contributed by atoms with Crippen LogP contribution >= 0.6 is 0 Å². The lowest BCUT2D eigenvalue weighted by molar-refractivity contribution is 0.414. The Morgan fingerprint density at radius 1 is 1.14 bits per heavy atom. The summed E-state index contributed by atoms with van der Waals surface area (Å²) in [5, 5.41) is 0. The van der Waals surface area contributed by atoms with Gasteiger partial charge in [0.1, 0.15) is 5.75 Å². The zero-order valence-electron chi connectivity index (χ0n) is 7.84. The van der Waals surface area contributed by atoms with Gasteiger partial charge in [0, 0.05) is 18.0 Å². The minimum atomic E-state index is 0.742. The van der Waals surface area contributed by atoms with E-state index in [1.54, 1.807) is 25.7 Å². The van der Waals surface area contributed by atoms with Crippen molar-refractivity contribution in [3.63, 3.8) is 0 Å². The molecule has 0 saturated heterocycles. The van der Waals surface area contributed by atoms with Gasteiger partial charge in [0.05, 0.1) is 19.0 Å². The minimum absolute atomic E-state index is 0.742. The molecule has 0 saturated carbocycles. The lowest BCUT2D eigenvalue weighted by atomic mass is 10.1. The summed E-state index contributed by atoms with van der Waals surface area (Å²) in [6, 6.07) is 7.67. The third kappa shape index (κ3) is 1.57. The number of hydrogen-bond donors (Lipinski definition) is 0. The van der Waals surface area contributed by atoms with E-state index in [1.165, 1.54) is 0 Å². The Labute approximate surface area is 82.4 Å². The highest BCUT2D eigenvalue weighted by Crippen LogP contribution is 2.26. The highest BCUT2D eigenvalue weighted by molar-refractivity contribution is 5.65. The van der Waals surface area contributed by atoms with E-state index in [9.17, 15) is 0 Å². The molecule has 0 N–H and O–H groups in total. The zero-order valence-corrected chi connectivity index (χ0v) is 7.84. The number of rotatable bonds is 2. The van der Waals surface area contributed by atoms with Gasteiger partial charge in [-0.1, -0.05) is 6.07 Å². The standard InChI is InChI=1S/C11H10N2O/c1-14-11-8-12-7-5-9(11)10-4-2-3-6-13-10/h2-8H,1H3. The Balaban J connectivity index is 2.51. The molecule has 0 amide bonds. The van der Waals surface area contributed by atoms with E-state index in [4.69, 9.17) is 4.74 Å². The van der Waals surface area contributed by atoms with Gasteiger partial charge in [-0.05, 0) is 18.2 Å². The molecule has 2 heterocycles. The molecule has 2 aromatic heterocycles. The highest BCUT2D eigenvalue weighted by Gasteiger charge is 2.04. The fraction of sp³-hybridized carbons (Fsp3) is 0.0909. The molecule has 0 aliphatic carbocycles. The molecule has 3 nitrogen and oxygen atoms in total.